The molecule has 3 aromatic carbocycles. The van der Waals surface area contributed by atoms with E-state index in [0.717, 1.165) is 11.1 Å². The lowest BCUT2D eigenvalue weighted by molar-refractivity contribution is 0.207. The van der Waals surface area contributed by atoms with Gasteiger partial charge >= 0.3 is 6.03 Å². The van der Waals surface area contributed by atoms with Crippen LogP contribution in [0.5, 0.6) is 11.5 Å². The Labute approximate surface area is 208 Å². The number of carbonyl (C=O) groups is 1. The molecule has 0 aliphatic rings. The summed E-state index contributed by atoms with van der Waals surface area (Å²) in [6.45, 7) is 0.804. The number of anilines is 1. The van der Waals surface area contributed by atoms with Crippen molar-refractivity contribution < 1.29 is 18.8 Å². The van der Waals surface area contributed by atoms with Crippen molar-refractivity contribution in [2.24, 2.45) is 0 Å². The van der Waals surface area contributed by atoms with Crippen molar-refractivity contribution in [3.8, 4) is 22.9 Å². The number of hydrogen-bond donors (Lipinski definition) is 1. The summed E-state index contributed by atoms with van der Waals surface area (Å²) in [6, 6.07) is 21.9. The molecule has 0 unspecified atom stereocenters. The van der Waals surface area contributed by atoms with Gasteiger partial charge in [-0.3, -0.25) is 0 Å². The van der Waals surface area contributed by atoms with Gasteiger partial charge < -0.3 is 24.2 Å². The van der Waals surface area contributed by atoms with E-state index in [9.17, 15) is 4.79 Å². The molecular formula is C26H25ClN4O4. The van der Waals surface area contributed by atoms with E-state index in [0.29, 0.717) is 53.4 Å². The van der Waals surface area contributed by atoms with Crippen molar-refractivity contribution in [1.29, 1.82) is 0 Å². The van der Waals surface area contributed by atoms with Crippen LogP contribution in [0.4, 0.5) is 10.5 Å². The average Bonchev–Trinajstić information content (AvgIpc) is 3.37. The molecule has 4 aromatic rings. The largest absolute Gasteiger partial charge is 0.493 e. The maximum absolute atomic E-state index is 13.1. The number of carbonyl (C=O) groups excluding carboxylic acids is 1. The third kappa shape index (κ3) is 6.30. The van der Waals surface area contributed by atoms with Crippen LogP contribution in [-0.2, 0) is 13.0 Å². The van der Waals surface area contributed by atoms with Crippen LogP contribution in [0.25, 0.3) is 11.4 Å². The van der Waals surface area contributed by atoms with Gasteiger partial charge in [0.05, 0.1) is 14.2 Å². The summed E-state index contributed by atoms with van der Waals surface area (Å²) in [7, 11) is 3.15. The molecule has 0 radical (unpaired) electrons. The molecule has 1 aromatic heterocycles. The monoisotopic (exact) mass is 492 g/mol. The molecule has 9 heteroatoms. The molecule has 0 spiro atoms. The molecular weight excluding hydrogens is 468 g/mol. The van der Waals surface area contributed by atoms with E-state index in [-0.39, 0.29) is 6.03 Å². The predicted octanol–water partition coefficient (Wildman–Crippen LogP) is 5.68. The highest BCUT2D eigenvalue weighted by molar-refractivity contribution is 6.30. The second-order valence-electron chi connectivity index (χ2n) is 7.68. The van der Waals surface area contributed by atoms with Crippen molar-refractivity contribution in [3.63, 3.8) is 0 Å². The molecule has 2 amide bonds. The summed E-state index contributed by atoms with van der Waals surface area (Å²) in [5.74, 6) is 2.04. The van der Waals surface area contributed by atoms with Gasteiger partial charge in [0.2, 0.25) is 11.7 Å². The average molecular weight is 493 g/mol. The maximum atomic E-state index is 13.1. The first-order valence-electron chi connectivity index (χ1n) is 11.0. The Morgan fingerprint density at radius 2 is 1.74 bits per heavy atom. The SMILES string of the molecule is COc1ccc(-c2noc(CCN(Cc3ccccc3)C(=O)Nc3ccc(Cl)cc3)n2)cc1OC. The lowest BCUT2D eigenvalue weighted by Crippen LogP contribution is -2.36. The predicted molar refractivity (Wildman–Crippen MR) is 134 cm³/mol. The molecule has 0 aliphatic carbocycles. The summed E-state index contributed by atoms with van der Waals surface area (Å²) in [5.41, 5.74) is 2.40. The van der Waals surface area contributed by atoms with Gasteiger partial charge in [-0.25, -0.2) is 4.79 Å². The molecule has 0 bridgehead atoms. The first kappa shape index (κ1) is 24.1. The number of rotatable bonds is 9. The standard InChI is InChI=1S/C26H25ClN4O4/c1-33-22-13-8-19(16-23(22)34-2)25-29-24(35-30-25)14-15-31(17-18-6-4-3-5-7-18)26(32)28-21-11-9-20(27)10-12-21/h3-13,16H,14-15,17H2,1-2H3,(H,28,32). The molecule has 1 heterocycles. The molecule has 4 rings (SSSR count). The van der Waals surface area contributed by atoms with E-state index < -0.39 is 0 Å². The minimum atomic E-state index is -0.240. The fourth-order valence-electron chi connectivity index (χ4n) is 3.47. The zero-order valence-electron chi connectivity index (χ0n) is 19.4. The quantitative estimate of drug-likeness (QED) is 0.323. The van der Waals surface area contributed by atoms with Gasteiger partial charge in [0, 0.05) is 35.8 Å². The van der Waals surface area contributed by atoms with Crippen LogP contribution in [0.15, 0.2) is 77.3 Å². The van der Waals surface area contributed by atoms with Crippen LogP contribution in [-0.4, -0.2) is 41.8 Å². The highest BCUT2D eigenvalue weighted by Gasteiger charge is 2.17. The Bertz CT molecular complexity index is 1260. The summed E-state index contributed by atoms with van der Waals surface area (Å²) < 4.78 is 16.1. The van der Waals surface area contributed by atoms with Gasteiger partial charge in [-0.1, -0.05) is 47.1 Å². The minimum absolute atomic E-state index is 0.240. The molecule has 0 fully saturated rings. The highest BCUT2D eigenvalue weighted by atomic mass is 35.5. The Morgan fingerprint density at radius 1 is 1.00 bits per heavy atom. The van der Waals surface area contributed by atoms with E-state index in [1.165, 1.54) is 0 Å². The topological polar surface area (TPSA) is 89.7 Å². The van der Waals surface area contributed by atoms with E-state index >= 15 is 0 Å². The van der Waals surface area contributed by atoms with Gasteiger partial charge in [0.15, 0.2) is 11.5 Å². The molecule has 1 N–H and O–H groups in total. The Balaban J connectivity index is 1.47. The van der Waals surface area contributed by atoms with Gasteiger partial charge in [-0.05, 0) is 48.0 Å². The number of aromatic nitrogens is 2. The van der Waals surface area contributed by atoms with Crippen molar-refractivity contribution in [2.45, 2.75) is 13.0 Å². The lowest BCUT2D eigenvalue weighted by Gasteiger charge is -2.22. The van der Waals surface area contributed by atoms with E-state index in [2.05, 4.69) is 15.5 Å². The van der Waals surface area contributed by atoms with Gasteiger partial charge in [-0.2, -0.15) is 4.98 Å². The molecule has 0 saturated carbocycles. The summed E-state index contributed by atoms with van der Waals surface area (Å²) >= 11 is 5.95. The number of hydrogen-bond acceptors (Lipinski definition) is 6. The maximum Gasteiger partial charge on any atom is 0.322 e. The lowest BCUT2D eigenvalue weighted by atomic mass is 10.2. The van der Waals surface area contributed by atoms with E-state index in [4.69, 9.17) is 25.6 Å². The Hall–Kier alpha value is -4.04. The number of urea groups is 1. The molecule has 0 atom stereocenters. The molecule has 8 nitrogen and oxygen atoms in total. The molecule has 35 heavy (non-hydrogen) atoms. The number of nitrogens with one attached hydrogen (secondary N) is 1. The Morgan fingerprint density at radius 3 is 2.46 bits per heavy atom. The third-order valence-electron chi connectivity index (χ3n) is 5.30. The minimum Gasteiger partial charge on any atom is -0.493 e. The van der Waals surface area contributed by atoms with Crippen molar-refractivity contribution in [2.75, 3.05) is 26.1 Å². The van der Waals surface area contributed by atoms with Crippen molar-refractivity contribution in [3.05, 3.63) is 89.3 Å². The van der Waals surface area contributed by atoms with Crippen LogP contribution < -0.4 is 14.8 Å². The highest BCUT2D eigenvalue weighted by Crippen LogP contribution is 2.31. The normalized spacial score (nSPS) is 10.6. The zero-order chi connectivity index (χ0) is 24.6. The van der Waals surface area contributed by atoms with Gasteiger partial charge in [0.1, 0.15) is 0 Å². The zero-order valence-corrected chi connectivity index (χ0v) is 20.2. The number of amides is 2. The number of ether oxygens (including phenoxy) is 2. The molecule has 180 valence electrons. The van der Waals surface area contributed by atoms with Gasteiger partial charge in [-0.15, -0.1) is 0 Å². The number of halogens is 1. The smallest absolute Gasteiger partial charge is 0.322 e. The molecule has 0 saturated heterocycles. The number of benzene rings is 3. The third-order valence-corrected chi connectivity index (χ3v) is 5.56. The summed E-state index contributed by atoms with van der Waals surface area (Å²) in [4.78, 5) is 19.3. The van der Waals surface area contributed by atoms with E-state index in [1.54, 1.807) is 55.5 Å². The fourth-order valence-corrected chi connectivity index (χ4v) is 3.60. The van der Waals surface area contributed by atoms with E-state index in [1.807, 2.05) is 36.4 Å². The first-order chi connectivity index (χ1) is 17.1. The van der Waals surface area contributed by atoms with Crippen molar-refractivity contribution in [1.82, 2.24) is 15.0 Å². The van der Waals surface area contributed by atoms with Gasteiger partial charge in [0.25, 0.3) is 0 Å². The Kier molecular flexibility index (Phi) is 7.84. The fraction of sp³-hybridized carbons (Fsp3) is 0.192. The van der Waals surface area contributed by atoms with Crippen LogP contribution in [0.1, 0.15) is 11.5 Å². The van der Waals surface area contributed by atoms with Crippen molar-refractivity contribution >= 4 is 23.3 Å². The summed E-state index contributed by atoms with van der Waals surface area (Å²) in [6.07, 6.45) is 0.390. The number of nitrogens with zero attached hydrogens (tertiary/aromatic N) is 3. The van der Waals surface area contributed by atoms with Crippen LogP contribution in [0, 0.1) is 0 Å². The van der Waals surface area contributed by atoms with Crippen LogP contribution in [0.2, 0.25) is 5.02 Å². The first-order valence-corrected chi connectivity index (χ1v) is 11.3. The summed E-state index contributed by atoms with van der Waals surface area (Å²) in [5, 5.41) is 7.60. The number of methoxy groups -OCH3 is 2. The second-order valence-corrected chi connectivity index (χ2v) is 8.11. The second kappa shape index (κ2) is 11.4. The molecule has 0 aliphatic heterocycles. The van der Waals surface area contributed by atoms with Crippen LogP contribution in [0.3, 0.4) is 0 Å². The van der Waals surface area contributed by atoms with Crippen LogP contribution >= 0.6 is 11.6 Å².